The highest BCUT2D eigenvalue weighted by atomic mass is 16.5. The molecule has 1 aromatic heterocycles. The van der Waals surface area contributed by atoms with Crippen LogP contribution in [0.5, 0.6) is 11.5 Å². The molecule has 0 spiro atoms. The summed E-state index contributed by atoms with van der Waals surface area (Å²) in [4.78, 5) is 26.6. The van der Waals surface area contributed by atoms with Crippen LogP contribution in [0.1, 0.15) is 20.9 Å². The molecule has 0 saturated heterocycles. The molecular formula is C20H20N2O5. The minimum atomic E-state index is -0.466. The van der Waals surface area contributed by atoms with Gasteiger partial charge in [-0.3, -0.25) is 9.59 Å². The van der Waals surface area contributed by atoms with Gasteiger partial charge in [0.15, 0.2) is 17.3 Å². The van der Waals surface area contributed by atoms with E-state index in [0.29, 0.717) is 22.8 Å². The Bertz CT molecular complexity index is 974. The number of anilines is 1. The Kier molecular flexibility index (Phi) is 5.03. The van der Waals surface area contributed by atoms with Crippen LogP contribution < -0.4 is 14.8 Å². The van der Waals surface area contributed by atoms with Crippen molar-refractivity contribution in [2.24, 2.45) is 0 Å². The fourth-order valence-corrected chi connectivity index (χ4v) is 2.68. The molecule has 0 unspecified atom stereocenters. The molecule has 3 rings (SSSR count). The van der Waals surface area contributed by atoms with Crippen molar-refractivity contribution in [3.8, 4) is 11.5 Å². The highest BCUT2D eigenvalue weighted by Gasteiger charge is 2.21. The van der Waals surface area contributed by atoms with Crippen molar-refractivity contribution in [2.75, 3.05) is 33.6 Å². The van der Waals surface area contributed by atoms with Gasteiger partial charge >= 0.3 is 0 Å². The van der Waals surface area contributed by atoms with Crippen LogP contribution in [0.3, 0.4) is 0 Å². The molecule has 0 saturated carbocycles. The number of rotatable bonds is 5. The largest absolute Gasteiger partial charge is 0.493 e. The summed E-state index contributed by atoms with van der Waals surface area (Å²) in [5, 5.41) is 3.55. The van der Waals surface area contributed by atoms with Crippen molar-refractivity contribution in [3.63, 3.8) is 0 Å². The SMILES string of the molecule is COc1cc(NC(=O)c2cc3ccccc3o2)c(C(=O)N(C)C)cc1OC. The molecule has 0 bridgehead atoms. The Morgan fingerprint density at radius 2 is 1.67 bits per heavy atom. The predicted molar refractivity (Wildman–Crippen MR) is 102 cm³/mol. The van der Waals surface area contributed by atoms with Crippen molar-refractivity contribution in [1.82, 2.24) is 4.90 Å². The van der Waals surface area contributed by atoms with E-state index in [9.17, 15) is 9.59 Å². The second kappa shape index (κ2) is 7.41. The number of hydrogen-bond donors (Lipinski definition) is 1. The molecule has 0 fully saturated rings. The lowest BCUT2D eigenvalue weighted by Gasteiger charge is -2.17. The monoisotopic (exact) mass is 368 g/mol. The van der Waals surface area contributed by atoms with E-state index in [4.69, 9.17) is 13.9 Å². The molecule has 0 aliphatic rings. The minimum absolute atomic E-state index is 0.147. The second-order valence-electron chi connectivity index (χ2n) is 6.05. The van der Waals surface area contributed by atoms with Gasteiger partial charge in [-0.2, -0.15) is 0 Å². The number of fused-ring (bicyclic) bond motifs is 1. The minimum Gasteiger partial charge on any atom is -0.493 e. The van der Waals surface area contributed by atoms with Crippen LogP contribution in [0.2, 0.25) is 0 Å². The summed E-state index contributed by atoms with van der Waals surface area (Å²) in [7, 11) is 6.22. The molecule has 0 radical (unpaired) electrons. The number of benzene rings is 2. The van der Waals surface area contributed by atoms with Crippen LogP contribution in [-0.2, 0) is 0 Å². The number of carbonyl (C=O) groups is 2. The topological polar surface area (TPSA) is 81.0 Å². The second-order valence-corrected chi connectivity index (χ2v) is 6.05. The van der Waals surface area contributed by atoms with Crippen LogP contribution in [0.25, 0.3) is 11.0 Å². The molecule has 7 heteroatoms. The number of carbonyl (C=O) groups excluding carboxylic acids is 2. The molecule has 0 atom stereocenters. The average Bonchev–Trinajstić information content (AvgIpc) is 3.11. The van der Waals surface area contributed by atoms with Crippen LogP contribution in [-0.4, -0.2) is 45.0 Å². The zero-order chi connectivity index (χ0) is 19.6. The molecular weight excluding hydrogens is 348 g/mol. The van der Waals surface area contributed by atoms with E-state index in [0.717, 1.165) is 5.39 Å². The zero-order valence-electron chi connectivity index (χ0n) is 15.5. The maximum Gasteiger partial charge on any atom is 0.291 e. The quantitative estimate of drug-likeness (QED) is 0.746. The molecule has 140 valence electrons. The lowest BCUT2D eigenvalue weighted by Crippen LogP contribution is -2.24. The smallest absolute Gasteiger partial charge is 0.291 e. The van der Waals surface area contributed by atoms with Gasteiger partial charge in [0, 0.05) is 25.5 Å². The first-order valence-electron chi connectivity index (χ1n) is 8.22. The van der Waals surface area contributed by atoms with Gasteiger partial charge < -0.3 is 24.1 Å². The molecule has 0 aliphatic heterocycles. The highest BCUT2D eigenvalue weighted by Crippen LogP contribution is 2.34. The third-order valence-electron chi connectivity index (χ3n) is 4.06. The molecule has 2 amide bonds. The Labute approximate surface area is 156 Å². The maximum atomic E-state index is 12.7. The lowest BCUT2D eigenvalue weighted by molar-refractivity contribution is 0.0828. The predicted octanol–water partition coefficient (Wildman–Crippen LogP) is 3.40. The average molecular weight is 368 g/mol. The Hall–Kier alpha value is -3.48. The van der Waals surface area contributed by atoms with E-state index < -0.39 is 5.91 Å². The van der Waals surface area contributed by atoms with Crippen LogP contribution in [0.15, 0.2) is 46.9 Å². The molecule has 7 nitrogen and oxygen atoms in total. The van der Waals surface area contributed by atoms with Crippen molar-refractivity contribution in [3.05, 3.63) is 53.8 Å². The van der Waals surface area contributed by atoms with Crippen molar-refractivity contribution < 1.29 is 23.5 Å². The van der Waals surface area contributed by atoms with Gasteiger partial charge in [0.2, 0.25) is 0 Å². The highest BCUT2D eigenvalue weighted by molar-refractivity contribution is 6.09. The van der Waals surface area contributed by atoms with Crippen LogP contribution in [0.4, 0.5) is 5.69 Å². The standard InChI is InChI=1S/C20H20N2O5/c1-22(2)20(24)13-10-16(25-3)17(26-4)11-14(13)21-19(23)18-9-12-7-5-6-8-15(12)27-18/h5-11H,1-4H3,(H,21,23). The summed E-state index contributed by atoms with van der Waals surface area (Å²) >= 11 is 0. The van der Waals surface area contributed by atoms with Crippen molar-refractivity contribution >= 4 is 28.5 Å². The van der Waals surface area contributed by atoms with Gasteiger partial charge in [-0.05, 0) is 18.2 Å². The first-order valence-corrected chi connectivity index (χ1v) is 8.22. The van der Waals surface area contributed by atoms with Gasteiger partial charge in [0.05, 0.1) is 25.5 Å². The Morgan fingerprint density at radius 3 is 2.30 bits per heavy atom. The van der Waals surface area contributed by atoms with E-state index in [2.05, 4.69) is 5.32 Å². The summed E-state index contributed by atoms with van der Waals surface area (Å²) in [6, 6.07) is 12.1. The fraction of sp³-hybridized carbons (Fsp3) is 0.200. The van der Waals surface area contributed by atoms with Crippen LogP contribution in [0, 0.1) is 0 Å². The molecule has 3 aromatic rings. The van der Waals surface area contributed by atoms with Gasteiger partial charge in [-0.1, -0.05) is 18.2 Å². The molecule has 0 aliphatic carbocycles. The Balaban J connectivity index is 2.01. The number of furan rings is 1. The van der Waals surface area contributed by atoms with Crippen LogP contribution >= 0.6 is 0 Å². The lowest BCUT2D eigenvalue weighted by atomic mass is 10.1. The molecule has 1 heterocycles. The zero-order valence-corrected chi connectivity index (χ0v) is 15.5. The van der Waals surface area contributed by atoms with Gasteiger partial charge in [-0.15, -0.1) is 0 Å². The summed E-state index contributed by atoms with van der Waals surface area (Å²) in [5.74, 6) is 0.188. The number of methoxy groups -OCH3 is 2. The van der Waals surface area contributed by atoms with E-state index >= 15 is 0 Å². The summed E-state index contributed by atoms with van der Waals surface area (Å²) in [6.07, 6.45) is 0. The van der Waals surface area contributed by atoms with E-state index in [1.807, 2.05) is 18.2 Å². The molecule has 1 N–H and O–H groups in total. The number of nitrogens with one attached hydrogen (secondary N) is 1. The number of hydrogen-bond acceptors (Lipinski definition) is 5. The van der Waals surface area contributed by atoms with Gasteiger partial charge in [0.1, 0.15) is 5.58 Å². The molecule has 27 heavy (non-hydrogen) atoms. The summed E-state index contributed by atoms with van der Waals surface area (Å²) in [6.45, 7) is 0. The number of nitrogens with zero attached hydrogens (tertiary/aromatic N) is 1. The van der Waals surface area contributed by atoms with E-state index in [1.54, 1.807) is 32.3 Å². The first kappa shape index (κ1) is 18.3. The summed E-state index contributed by atoms with van der Waals surface area (Å²) in [5.41, 5.74) is 1.19. The third kappa shape index (κ3) is 3.57. The third-order valence-corrected chi connectivity index (χ3v) is 4.06. The molecule has 2 aromatic carbocycles. The van der Waals surface area contributed by atoms with Gasteiger partial charge in [-0.25, -0.2) is 0 Å². The Morgan fingerprint density at radius 1 is 1.00 bits per heavy atom. The number of ether oxygens (including phenoxy) is 2. The van der Waals surface area contributed by atoms with Gasteiger partial charge in [0.25, 0.3) is 11.8 Å². The first-order chi connectivity index (χ1) is 12.9. The van der Waals surface area contributed by atoms with Crippen molar-refractivity contribution in [2.45, 2.75) is 0 Å². The normalized spacial score (nSPS) is 10.5. The number of para-hydroxylation sites is 1. The maximum absolute atomic E-state index is 12.7. The number of amides is 2. The van der Waals surface area contributed by atoms with Crippen molar-refractivity contribution in [1.29, 1.82) is 0 Å². The summed E-state index contributed by atoms with van der Waals surface area (Å²) < 4.78 is 16.1. The van der Waals surface area contributed by atoms with E-state index in [-0.39, 0.29) is 17.2 Å². The van der Waals surface area contributed by atoms with E-state index in [1.165, 1.54) is 25.2 Å². The fourth-order valence-electron chi connectivity index (χ4n) is 2.68.